The Kier molecular flexibility index (Phi) is 8.47. The monoisotopic (exact) mass is 476 g/mol. The molecule has 0 saturated carbocycles. The number of hydrogen-bond donors (Lipinski definition) is 0. The fraction of sp³-hybridized carbons (Fsp3) is 0.357. The summed E-state index contributed by atoms with van der Waals surface area (Å²) in [7, 11) is 0. The molecule has 1 aromatic heterocycles. The highest BCUT2D eigenvalue weighted by molar-refractivity contribution is 5.14. The van der Waals surface area contributed by atoms with Crippen LogP contribution in [0.15, 0.2) is 95.2 Å². The zero-order chi connectivity index (χ0) is 24.6. The van der Waals surface area contributed by atoms with E-state index in [1.807, 2.05) is 66.7 Å². The quantitative estimate of drug-likeness (QED) is 0.392. The third-order valence-corrected chi connectivity index (χ3v) is 6.27. The fourth-order valence-corrected chi connectivity index (χ4v) is 4.53. The van der Waals surface area contributed by atoms with E-state index >= 15 is 0 Å². The van der Waals surface area contributed by atoms with Crippen molar-refractivity contribution < 1.29 is 14.2 Å². The first kappa shape index (κ1) is 24.9. The van der Waals surface area contributed by atoms with Crippen LogP contribution in [0.5, 0.6) is 0 Å². The van der Waals surface area contributed by atoms with E-state index in [0.717, 1.165) is 11.1 Å². The van der Waals surface area contributed by atoms with Gasteiger partial charge in [0, 0.05) is 24.7 Å². The maximum Gasteiger partial charge on any atom is 0.333 e. The van der Waals surface area contributed by atoms with Gasteiger partial charge in [-0.05, 0) is 24.5 Å². The number of nitrogens with zero attached hydrogens (tertiary/aromatic N) is 2. The zero-order valence-corrected chi connectivity index (χ0v) is 20.0. The summed E-state index contributed by atoms with van der Waals surface area (Å²) < 4.78 is 21.5. The van der Waals surface area contributed by atoms with Gasteiger partial charge in [0.2, 0.25) is 0 Å². The summed E-state index contributed by atoms with van der Waals surface area (Å²) in [4.78, 5) is 25.3. The van der Waals surface area contributed by atoms with Crippen LogP contribution in [0, 0.1) is 5.92 Å². The molecule has 0 spiro atoms. The molecule has 4 rings (SSSR count). The van der Waals surface area contributed by atoms with Crippen molar-refractivity contribution in [3.8, 4) is 0 Å². The molecule has 35 heavy (non-hydrogen) atoms. The van der Waals surface area contributed by atoms with E-state index in [-0.39, 0.29) is 24.1 Å². The summed E-state index contributed by atoms with van der Waals surface area (Å²) in [5.74, 6) is -0.179. The largest absolute Gasteiger partial charge is 0.374 e. The number of aromatic nitrogens is 2. The van der Waals surface area contributed by atoms with Crippen molar-refractivity contribution in [3.63, 3.8) is 0 Å². The van der Waals surface area contributed by atoms with Crippen LogP contribution in [0.3, 0.4) is 0 Å². The summed E-state index contributed by atoms with van der Waals surface area (Å²) in [6.07, 6.45) is 2.57. The molecule has 3 aromatic rings. The molecular weight excluding hydrogens is 444 g/mol. The molecule has 0 aliphatic carbocycles. The van der Waals surface area contributed by atoms with Crippen molar-refractivity contribution in [2.75, 3.05) is 6.61 Å². The van der Waals surface area contributed by atoms with E-state index < -0.39 is 18.0 Å². The molecular formula is C28H32N2O5. The molecule has 1 aliphatic rings. The van der Waals surface area contributed by atoms with Gasteiger partial charge in [0.15, 0.2) is 0 Å². The van der Waals surface area contributed by atoms with Crippen molar-refractivity contribution in [3.05, 3.63) is 118 Å². The Morgan fingerprint density at radius 3 is 2.26 bits per heavy atom. The highest BCUT2D eigenvalue weighted by Gasteiger charge is 2.46. The summed E-state index contributed by atoms with van der Waals surface area (Å²) in [5.41, 5.74) is 1.39. The lowest BCUT2D eigenvalue weighted by Gasteiger charge is -2.24. The standard InChI is InChI=1S/C28H32N2O5/c1-3-11-23-26(34-19-22-14-9-6-10-15-22)24(20-33-18-21-12-7-5-8-13-21)35-27(23)30-17-16-25(31)29(4-2)28(30)32/h3,5-10,12-17,23-24,26-27H,1,4,11,18-20H2,2H3. The average Bonchev–Trinajstić information content (AvgIpc) is 3.21. The molecule has 1 fully saturated rings. The van der Waals surface area contributed by atoms with Gasteiger partial charge in [-0.25, -0.2) is 4.79 Å². The SMILES string of the molecule is C=CCC1C(OCc2ccccc2)C(COCc2ccccc2)OC1n1ccc(=O)n(CC)c1=O. The first-order valence-electron chi connectivity index (χ1n) is 12.0. The van der Waals surface area contributed by atoms with E-state index in [1.165, 1.54) is 21.4 Å². The molecule has 7 heteroatoms. The molecule has 0 amide bonds. The number of ether oxygens (including phenoxy) is 3. The third kappa shape index (κ3) is 5.88. The Labute approximate surface area is 205 Å². The van der Waals surface area contributed by atoms with E-state index in [9.17, 15) is 9.59 Å². The van der Waals surface area contributed by atoms with Gasteiger partial charge >= 0.3 is 5.69 Å². The number of rotatable bonds is 11. The smallest absolute Gasteiger partial charge is 0.333 e. The van der Waals surface area contributed by atoms with Gasteiger partial charge in [-0.15, -0.1) is 6.58 Å². The zero-order valence-electron chi connectivity index (χ0n) is 20.0. The Morgan fingerprint density at radius 1 is 0.971 bits per heavy atom. The molecule has 0 bridgehead atoms. The van der Waals surface area contributed by atoms with Gasteiger partial charge in [-0.3, -0.25) is 13.9 Å². The van der Waals surface area contributed by atoms with Crippen molar-refractivity contribution in [2.24, 2.45) is 5.92 Å². The maximum atomic E-state index is 13.1. The number of hydrogen-bond acceptors (Lipinski definition) is 5. The molecule has 4 atom stereocenters. The predicted octanol–water partition coefficient (Wildman–Crippen LogP) is 3.92. The minimum absolute atomic E-state index is 0.179. The summed E-state index contributed by atoms with van der Waals surface area (Å²) in [6.45, 7) is 7.14. The van der Waals surface area contributed by atoms with Gasteiger partial charge in [0.05, 0.1) is 25.9 Å². The lowest BCUT2D eigenvalue weighted by molar-refractivity contribution is -0.0834. The van der Waals surface area contributed by atoms with Crippen LogP contribution in [0.4, 0.5) is 0 Å². The van der Waals surface area contributed by atoms with E-state index in [2.05, 4.69) is 6.58 Å². The van der Waals surface area contributed by atoms with Crippen LogP contribution in [-0.4, -0.2) is 27.9 Å². The predicted molar refractivity (Wildman–Crippen MR) is 134 cm³/mol. The molecule has 2 heterocycles. The Hall–Kier alpha value is -3.26. The van der Waals surface area contributed by atoms with E-state index in [4.69, 9.17) is 14.2 Å². The molecule has 184 valence electrons. The van der Waals surface area contributed by atoms with Crippen LogP contribution < -0.4 is 11.2 Å². The first-order valence-corrected chi connectivity index (χ1v) is 12.0. The van der Waals surface area contributed by atoms with Crippen molar-refractivity contribution >= 4 is 0 Å². The molecule has 0 N–H and O–H groups in total. The molecule has 1 saturated heterocycles. The van der Waals surface area contributed by atoms with Crippen LogP contribution in [0.1, 0.15) is 30.7 Å². The van der Waals surface area contributed by atoms with Crippen molar-refractivity contribution in [1.82, 2.24) is 9.13 Å². The topological polar surface area (TPSA) is 71.7 Å². The molecule has 2 aromatic carbocycles. The summed E-state index contributed by atoms with van der Waals surface area (Å²) in [6, 6.07) is 21.3. The highest BCUT2D eigenvalue weighted by Crippen LogP contribution is 2.39. The lowest BCUT2D eigenvalue weighted by atomic mass is 9.95. The minimum Gasteiger partial charge on any atom is -0.374 e. The molecule has 7 nitrogen and oxygen atoms in total. The van der Waals surface area contributed by atoms with Crippen LogP contribution in [-0.2, 0) is 34.0 Å². The van der Waals surface area contributed by atoms with Crippen molar-refractivity contribution in [1.29, 1.82) is 0 Å². The van der Waals surface area contributed by atoms with Crippen LogP contribution in [0.2, 0.25) is 0 Å². The van der Waals surface area contributed by atoms with Gasteiger partial charge in [0.1, 0.15) is 12.3 Å². The Morgan fingerprint density at radius 2 is 1.63 bits per heavy atom. The van der Waals surface area contributed by atoms with Gasteiger partial charge in [0.25, 0.3) is 5.56 Å². The average molecular weight is 477 g/mol. The minimum atomic E-state index is -0.606. The van der Waals surface area contributed by atoms with Crippen LogP contribution >= 0.6 is 0 Å². The third-order valence-electron chi connectivity index (χ3n) is 6.27. The summed E-state index contributed by atoms with van der Waals surface area (Å²) >= 11 is 0. The second-order valence-electron chi connectivity index (χ2n) is 8.60. The Balaban J connectivity index is 1.59. The first-order chi connectivity index (χ1) is 17.1. The number of benzene rings is 2. The molecule has 0 radical (unpaired) electrons. The fourth-order valence-electron chi connectivity index (χ4n) is 4.53. The lowest BCUT2D eigenvalue weighted by Crippen LogP contribution is -2.41. The van der Waals surface area contributed by atoms with Crippen LogP contribution in [0.25, 0.3) is 0 Å². The number of allylic oxidation sites excluding steroid dienone is 1. The van der Waals surface area contributed by atoms with Crippen molar-refractivity contribution in [2.45, 2.75) is 51.5 Å². The second kappa shape index (κ2) is 11.9. The maximum absolute atomic E-state index is 13.1. The molecule has 1 aliphatic heterocycles. The van der Waals surface area contributed by atoms with E-state index in [0.29, 0.717) is 26.2 Å². The highest BCUT2D eigenvalue weighted by atomic mass is 16.6. The Bertz CT molecular complexity index is 1210. The van der Waals surface area contributed by atoms with Gasteiger partial charge < -0.3 is 14.2 Å². The van der Waals surface area contributed by atoms with E-state index in [1.54, 1.807) is 6.92 Å². The summed E-state index contributed by atoms with van der Waals surface area (Å²) in [5, 5.41) is 0. The van der Waals surface area contributed by atoms with Gasteiger partial charge in [-0.2, -0.15) is 0 Å². The van der Waals surface area contributed by atoms with Gasteiger partial charge in [-0.1, -0.05) is 66.7 Å². The second-order valence-corrected chi connectivity index (χ2v) is 8.60. The molecule has 4 unspecified atom stereocenters. The normalized spacial score (nSPS) is 21.7.